The van der Waals surface area contributed by atoms with Crippen LogP contribution in [0.5, 0.6) is 11.5 Å². The van der Waals surface area contributed by atoms with Crippen LogP contribution in [0.15, 0.2) is 58.8 Å². The number of alkyl halides is 4. The molecular weight excluding hydrogens is 710 g/mol. The number of carbonyl (C=O) groups is 2. The number of halogens is 4. The van der Waals surface area contributed by atoms with Gasteiger partial charge in [-0.2, -0.15) is 44.9 Å². The standard InChI is InChI=1S/C26H25F4N7O10S2/c1-44-19-7-3-17(4-8-19)21(15-31)36-46-48(40,41)25(27,28)23(38)34-13-11-33-12-14-35-24(39)26(29,30)49(42,43)47-37-22(16-32)18-5-9-20(45-2)10-6-18/h3-10,33H,11-14H2,1-2H3,(H,34,38)(H,35,39)/b36-21+,37-22?. The molecule has 0 aliphatic carbocycles. The molecular formula is C26H25F4N7O10S2. The summed E-state index contributed by atoms with van der Waals surface area (Å²) in [6, 6.07) is 13.4. The summed E-state index contributed by atoms with van der Waals surface area (Å²) in [5, 5.41) is 19.3. The van der Waals surface area contributed by atoms with Crippen LogP contribution < -0.4 is 25.4 Å². The second-order valence-electron chi connectivity index (χ2n) is 8.91. The first-order valence-electron chi connectivity index (χ1n) is 13.1. The third-order valence-corrected chi connectivity index (χ3v) is 7.89. The van der Waals surface area contributed by atoms with Crippen LogP contribution in [0.25, 0.3) is 0 Å². The van der Waals surface area contributed by atoms with Gasteiger partial charge in [0, 0.05) is 37.3 Å². The zero-order valence-corrected chi connectivity index (χ0v) is 26.8. The minimum Gasteiger partial charge on any atom is -0.497 e. The van der Waals surface area contributed by atoms with Crippen LogP contribution >= 0.6 is 0 Å². The topological polar surface area (TPSA) is 248 Å². The van der Waals surface area contributed by atoms with Crippen LogP contribution in [0.4, 0.5) is 17.6 Å². The molecule has 49 heavy (non-hydrogen) atoms. The summed E-state index contributed by atoms with van der Waals surface area (Å²) in [5.41, 5.74) is -1.46. The number of benzene rings is 2. The lowest BCUT2D eigenvalue weighted by molar-refractivity contribution is -0.136. The maximum absolute atomic E-state index is 14.3. The zero-order valence-electron chi connectivity index (χ0n) is 25.1. The molecule has 2 amide bonds. The Hall–Kier alpha value is -5.52. The largest absolute Gasteiger partial charge is 0.497 e. The molecule has 0 bridgehead atoms. The lowest BCUT2D eigenvalue weighted by atomic mass is 10.1. The summed E-state index contributed by atoms with van der Waals surface area (Å²) >= 11 is 0. The summed E-state index contributed by atoms with van der Waals surface area (Å²) in [5.74, 6) is -3.95. The highest BCUT2D eigenvalue weighted by Crippen LogP contribution is 2.25. The highest BCUT2D eigenvalue weighted by molar-refractivity contribution is 7.88. The monoisotopic (exact) mass is 735 g/mol. The van der Waals surface area contributed by atoms with Gasteiger partial charge in [-0.3, -0.25) is 18.2 Å². The highest BCUT2D eigenvalue weighted by atomic mass is 32.2. The molecule has 2 aromatic carbocycles. The molecule has 264 valence electrons. The summed E-state index contributed by atoms with van der Waals surface area (Å²) in [6.07, 6.45) is 0. The smallest absolute Gasteiger partial charge is 0.459 e. The van der Waals surface area contributed by atoms with Crippen LogP contribution in [0.2, 0.25) is 0 Å². The number of hydrogen-bond acceptors (Lipinski definition) is 15. The van der Waals surface area contributed by atoms with Gasteiger partial charge in [0.25, 0.3) is 0 Å². The first-order valence-corrected chi connectivity index (χ1v) is 15.9. The molecule has 0 atom stereocenters. The Morgan fingerprint density at radius 2 is 1.00 bits per heavy atom. The van der Waals surface area contributed by atoms with Crippen LogP contribution in [0.3, 0.4) is 0 Å². The minimum absolute atomic E-state index is 0.0173. The third kappa shape index (κ3) is 10.2. The van der Waals surface area contributed by atoms with Crippen molar-refractivity contribution in [1.29, 1.82) is 10.5 Å². The molecule has 0 unspecified atom stereocenters. The van der Waals surface area contributed by atoms with Crippen molar-refractivity contribution in [3.63, 3.8) is 0 Å². The number of rotatable bonds is 18. The van der Waals surface area contributed by atoms with Crippen molar-refractivity contribution in [2.45, 2.75) is 10.5 Å². The normalized spacial score (nSPS) is 12.6. The van der Waals surface area contributed by atoms with Gasteiger partial charge in [0.15, 0.2) is 11.4 Å². The van der Waals surface area contributed by atoms with Crippen LogP contribution in [-0.2, 0) is 38.4 Å². The van der Waals surface area contributed by atoms with Gasteiger partial charge in [0.2, 0.25) is 0 Å². The maximum atomic E-state index is 14.3. The zero-order chi connectivity index (χ0) is 36.9. The van der Waals surface area contributed by atoms with E-state index in [1.165, 1.54) is 74.9 Å². The average Bonchev–Trinajstić information content (AvgIpc) is 3.08. The van der Waals surface area contributed by atoms with Gasteiger partial charge in [0.05, 0.1) is 14.2 Å². The van der Waals surface area contributed by atoms with Gasteiger partial charge in [0.1, 0.15) is 23.6 Å². The lowest BCUT2D eigenvalue weighted by Crippen LogP contribution is -2.49. The predicted octanol–water partition coefficient (Wildman–Crippen LogP) is 0.560. The van der Waals surface area contributed by atoms with Crippen LogP contribution in [0.1, 0.15) is 11.1 Å². The van der Waals surface area contributed by atoms with Gasteiger partial charge in [-0.05, 0) is 48.5 Å². The summed E-state index contributed by atoms with van der Waals surface area (Å²) in [4.78, 5) is 23.7. The quantitative estimate of drug-likeness (QED) is 0.0821. The number of nitriles is 2. The van der Waals surface area contributed by atoms with E-state index >= 15 is 0 Å². The predicted molar refractivity (Wildman–Crippen MR) is 159 cm³/mol. The second-order valence-corrected chi connectivity index (χ2v) is 12.1. The molecule has 3 N–H and O–H groups in total. The highest BCUT2D eigenvalue weighted by Gasteiger charge is 2.56. The molecule has 17 nitrogen and oxygen atoms in total. The fourth-order valence-corrected chi connectivity index (χ4v) is 4.26. The van der Waals surface area contributed by atoms with E-state index in [0.717, 1.165) is 0 Å². The van der Waals surface area contributed by atoms with E-state index in [2.05, 4.69) is 24.2 Å². The van der Waals surface area contributed by atoms with Crippen molar-refractivity contribution in [3.8, 4) is 23.6 Å². The molecule has 0 aliphatic rings. The van der Waals surface area contributed by atoms with E-state index in [9.17, 15) is 44.0 Å². The van der Waals surface area contributed by atoms with E-state index in [-0.39, 0.29) is 24.2 Å². The Balaban J connectivity index is 1.84. The molecule has 0 saturated carbocycles. The Labute approximate surface area is 276 Å². The maximum Gasteiger partial charge on any atom is 0.459 e. The molecule has 0 saturated heterocycles. The number of oxime groups is 2. The number of ether oxygens (including phenoxy) is 2. The second kappa shape index (κ2) is 17.0. The molecule has 2 rings (SSSR count). The van der Waals surface area contributed by atoms with E-state index < -0.39 is 67.1 Å². The third-order valence-electron chi connectivity index (χ3n) is 5.72. The molecule has 2 aromatic rings. The molecule has 0 radical (unpaired) electrons. The fraction of sp³-hybridized carbons (Fsp3) is 0.308. The number of amides is 2. The van der Waals surface area contributed by atoms with E-state index in [1.54, 1.807) is 10.6 Å². The van der Waals surface area contributed by atoms with Gasteiger partial charge in [-0.25, -0.2) is 0 Å². The molecule has 0 aromatic heterocycles. The Bertz CT molecular complexity index is 1730. The number of hydrogen-bond donors (Lipinski definition) is 3. The first kappa shape index (κ1) is 39.7. The van der Waals surface area contributed by atoms with Gasteiger partial charge in [-0.15, -0.1) is 0 Å². The molecule has 0 spiro atoms. The SMILES string of the molecule is COc1ccc(C(C#N)=NOS(=O)(=O)C(F)(F)C(=O)NCCNCCNC(=O)C(F)(F)S(=O)(=O)O/N=C(\C#N)c2ccc(OC)cc2)cc1. The lowest BCUT2D eigenvalue weighted by Gasteiger charge is -2.15. The van der Waals surface area contributed by atoms with Crippen molar-refractivity contribution in [1.82, 2.24) is 16.0 Å². The Kier molecular flexibility index (Phi) is 13.8. The van der Waals surface area contributed by atoms with Gasteiger partial charge < -0.3 is 25.4 Å². The number of nitrogens with one attached hydrogen (secondary N) is 3. The van der Waals surface area contributed by atoms with Crippen molar-refractivity contribution in [3.05, 3.63) is 59.7 Å². The summed E-state index contributed by atoms with van der Waals surface area (Å²) < 4.78 is 123. The number of methoxy groups -OCH3 is 2. The van der Waals surface area contributed by atoms with Gasteiger partial charge in [-0.1, -0.05) is 10.3 Å². The Morgan fingerprint density at radius 3 is 1.29 bits per heavy atom. The van der Waals surface area contributed by atoms with Crippen molar-refractivity contribution >= 4 is 43.5 Å². The molecule has 23 heteroatoms. The number of nitrogens with zero attached hydrogens (tertiary/aromatic N) is 4. The minimum atomic E-state index is -6.03. The van der Waals surface area contributed by atoms with Crippen molar-refractivity contribution in [2.24, 2.45) is 10.3 Å². The summed E-state index contributed by atoms with van der Waals surface area (Å²) in [7, 11) is -9.37. The van der Waals surface area contributed by atoms with Crippen molar-refractivity contribution < 1.29 is 62.0 Å². The summed E-state index contributed by atoms with van der Waals surface area (Å²) in [6.45, 7) is -2.05. The van der Waals surface area contributed by atoms with E-state index in [4.69, 9.17) is 20.0 Å². The van der Waals surface area contributed by atoms with Crippen molar-refractivity contribution in [2.75, 3.05) is 40.4 Å². The fourth-order valence-electron chi connectivity index (χ4n) is 3.13. The van der Waals surface area contributed by atoms with E-state index in [0.29, 0.717) is 11.5 Å². The Morgan fingerprint density at radius 1 is 0.673 bits per heavy atom. The number of carbonyl (C=O) groups excluding carboxylic acids is 2. The average molecular weight is 736 g/mol. The van der Waals surface area contributed by atoms with Gasteiger partial charge >= 0.3 is 42.6 Å². The molecule has 0 aliphatic heterocycles. The molecule has 0 heterocycles. The van der Waals surface area contributed by atoms with Crippen LogP contribution in [-0.4, -0.2) is 91.0 Å². The molecule has 0 fully saturated rings. The van der Waals surface area contributed by atoms with E-state index in [1.807, 2.05) is 0 Å². The first-order chi connectivity index (χ1) is 23.0. The van der Waals surface area contributed by atoms with Crippen LogP contribution in [0, 0.1) is 22.7 Å².